The molecule has 0 unspecified atom stereocenters. The van der Waals surface area contributed by atoms with Crippen molar-refractivity contribution in [3.8, 4) is 0 Å². The fourth-order valence-electron chi connectivity index (χ4n) is 2.20. The molecule has 5 nitrogen and oxygen atoms in total. The molecule has 1 fully saturated rings. The molecule has 0 bridgehead atoms. The van der Waals surface area contributed by atoms with E-state index in [0.29, 0.717) is 27.3 Å². The van der Waals surface area contributed by atoms with Crippen LogP contribution in [-0.4, -0.2) is 47.0 Å². The highest BCUT2D eigenvalue weighted by Crippen LogP contribution is 2.32. The number of nitrogens with zero attached hydrogens (tertiary/aromatic N) is 4. The highest BCUT2D eigenvalue weighted by molar-refractivity contribution is 7.18. The van der Waals surface area contributed by atoms with E-state index >= 15 is 0 Å². The van der Waals surface area contributed by atoms with Gasteiger partial charge in [-0.15, -0.1) is 11.3 Å². The molecule has 21 heavy (non-hydrogen) atoms. The van der Waals surface area contributed by atoms with Crippen LogP contribution in [0, 0.1) is 0 Å². The standard InChI is InChI=1S/C13H12Cl2N4OS/c14-9-7-10(21-12(9)15)13(20)19-5-3-18(4-6-19)11-8-16-1-2-17-11/h1-2,7-8H,3-6H2. The molecule has 110 valence electrons. The van der Waals surface area contributed by atoms with E-state index in [1.54, 1.807) is 24.7 Å². The topological polar surface area (TPSA) is 49.3 Å². The number of carbonyl (C=O) groups is 1. The molecule has 0 spiro atoms. The molecule has 1 saturated heterocycles. The van der Waals surface area contributed by atoms with Crippen molar-refractivity contribution < 1.29 is 4.79 Å². The number of hydrogen-bond acceptors (Lipinski definition) is 5. The first-order valence-electron chi connectivity index (χ1n) is 6.40. The summed E-state index contributed by atoms with van der Waals surface area (Å²) in [5.74, 6) is 0.819. The lowest BCUT2D eigenvalue weighted by Gasteiger charge is -2.35. The average Bonchev–Trinajstić information content (AvgIpc) is 2.87. The largest absolute Gasteiger partial charge is 0.352 e. The van der Waals surface area contributed by atoms with Crippen LogP contribution in [0.15, 0.2) is 24.7 Å². The van der Waals surface area contributed by atoms with Crippen molar-refractivity contribution >= 4 is 46.3 Å². The highest BCUT2D eigenvalue weighted by atomic mass is 35.5. The van der Waals surface area contributed by atoms with Gasteiger partial charge in [-0.05, 0) is 6.07 Å². The summed E-state index contributed by atoms with van der Waals surface area (Å²) in [6.45, 7) is 2.75. The van der Waals surface area contributed by atoms with Gasteiger partial charge in [-0.25, -0.2) is 4.98 Å². The van der Waals surface area contributed by atoms with Gasteiger partial charge in [0.2, 0.25) is 0 Å². The van der Waals surface area contributed by atoms with Crippen LogP contribution in [0.5, 0.6) is 0 Å². The van der Waals surface area contributed by atoms with Crippen molar-refractivity contribution in [3.63, 3.8) is 0 Å². The molecule has 3 rings (SSSR count). The van der Waals surface area contributed by atoms with E-state index in [9.17, 15) is 4.79 Å². The SMILES string of the molecule is O=C(c1cc(Cl)c(Cl)s1)N1CCN(c2cnccn2)CC1. The van der Waals surface area contributed by atoms with Crippen LogP contribution < -0.4 is 4.90 Å². The number of carbonyl (C=O) groups excluding carboxylic acids is 1. The second-order valence-corrected chi connectivity index (χ2v) is 6.64. The molecule has 1 aliphatic rings. The summed E-state index contributed by atoms with van der Waals surface area (Å²) >= 11 is 13.0. The highest BCUT2D eigenvalue weighted by Gasteiger charge is 2.24. The quantitative estimate of drug-likeness (QED) is 0.841. The van der Waals surface area contributed by atoms with Gasteiger partial charge in [0, 0.05) is 38.6 Å². The van der Waals surface area contributed by atoms with Crippen LogP contribution in [0.1, 0.15) is 9.67 Å². The van der Waals surface area contributed by atoms with E-state index in [-0.39, 0.29) is 5.91 Å². The zero-order valence-corrected chi connectivity index (χ0v) is 13.3. The smallest absolute Gasteiger partial charge is 0.264 e. The average molecular weight is 343 g/mol. The van der Waals surface area contributed by atoms with E-state index in [4.69, 9.17) is 23.2 Å². The van der Waals surface area contributed by atoms with Gasteiger partial charge in [0.05, 0.1) is 16.1 Å². The van der Waals surface area contributed by atoms with Gasteiger partial charge in [0.25, 0.3) is 5.91 Å². The Kier molecular flexibility index (Phi) is 4.28. The Balaban J connectivity index is 1.64. The molecule has 0 aromatic carbocycles. The van der Waals surface area contributed by atoms with Crippen molar-refractivity contribution in [1.29, 1.82) is 0 Å². The van der Waals surface area contributed by atoms with Crippen LogP contribution in [0.3, 0.4) is 0 Å². The fourth-order valence-corrected chi connectivity index (χ4v) is 3.54. The van der Waals surface area contributed by atoms with Gasteiger partial charge in [-0.2, -0.15) is 0 Å². The van der Waals surface area contributed by atoms with Crippen molar-refractivity contribution in [2.75, 3.05) is 31.1 Å². The number of piperazine rings is 1. The molecular weight excluding hydrogens is 331 g/mol. The zero-order chi connectivity index (χ0) is 14.8. The van der Waals surface area contributed by atoms with Gasteiger partial charge in [0.15, 0.2) is 0 Å². The first-order valence-corrected chi connectivity index (χ1v) is 7.97. The molecule has 2 aromatic heterocycles. The maximum absolute atomic E-state index is 12.4. The Morgan fingerprint density at radius 3 is 2.52 bits per heavy atom. The summed E-state index contributed by atoms with van der Waals surface area (Å²) in [5.41, 5.74) is 0. The molecule has 0 radical (unpaired) electrons. The number of halogens is 2. The number of rotatable bonds is 2. The Hall–Kier alpha value is -1.37. The third-order valence-corrected chi connectivity index (χ3v) is 5.15. The fraction of sp³-hybridized carbons (Fsp3) is 0.308. The number of aromatic nitrogens is 2. The molecule has 0 N–H and O–H groups in total. The van der Waals surface area contributed by atoms with E-state index in [2.05, 4.69) is 14.9 Å². The minimum atomic E-state index is -0.0207. The van der Waals surface area contributed by atoms with Crippen LogP contribution in [0.2, 0.25) is 9.36 Å². The Labute approximate surface area is 136 Å². The summed E-state index contributed by atoms with van der Waals surface area (Å²) < 4.78 is 0.457. The molecule has 0 atom stereocenters. The second kappa shape index (κ2) is 6.17. The maximum atomic E-state index is 12.4. The molecule has 0 aliphatic carbocycles. The molecule has 0 saturated carbocycles. The minimum absolute atomic E-state index is 0.0207. The zero-order valence-electron chi connectivity index (χ0n) is 11.0. The lowest BCUT2D eigenvalue weighted by Crippen LogP contribution is -2.48. The van der Waals surface area contributed by atoms with Crippen LogP contribution in [0.4, 0.5) is 5.82 Å². The second-order valence-electron chi connectivity index (χ2n) is 4.58. The summed E-state index contributed by atoms with van der Waals surface area (Å²) in [6.07, 6.45) is 5.05. The number of thiophene rings is 1. The minimum Gasteiger partial charge on any atom is -0.352 e. The summed E-state index contributed by atoms with van der Waals surface area (Å²) in [6, 6.07) is 1.63. The van der Waals surface area contributed by atoms with Crippen LogP contribution >= 0.6 is 34.5 Å². The van der Waals surface area contributed by atoms with Crippen molar-refractivity contribution in [1.82, 2.24) is 14.9 Å². The maximum Gasteiger partial charge on any atom is 0.264 e. The van der Waals surface area contributed by atoms with Gasteiger partial charge in [-0.3, -0.25) is 9.78 Å². The van der Waals surface area contributed by atoms with Crippen molar-refractivity contribution in [3.05, 3.63) is 38.9 Å². The van der Waals surface area contributed by atoms with E-state index < -0.39 is 0 Å². The van der Waals surface area contributed by atoms with E-state index in [0.717, 1.165) is 18.9 Å². The Morgan fingerprint density at radius 2 is 1.95 bits per heavy atom. The first kappa shape index (κ1) is 14.6. The third kappa shape index (κ3) is 3.12. The molecule has 1 aliphatic heterocycles. The van der Waals surface area contributed by atoms with E-state index in [1.165, 1.54) is 11.3 Å². The van der Waals surface area contributed by atoms with Gasteiger partial charge in [-0.1, -0.05) is 23.2 Å². The summed E-state index contributed by atoms with van der Waals surface area (Å²) in [7, 11) is 0. The Bertz CT molecular complexity index is 621. The number of amides is 1. The third-order valence-electron chi connectivity index (χ3n) is 3.30. The summed E-state index contributed by atoms with van der Waals surface area (Å²) in [4.78, 5) is 25.2. The monoisotopic (exact) mass is 342 g/mol. The number of hydrogen-bond donors (Lipinski definition) is 0. The van der Waals surface area contributed by atoms with E-state index in [1.807, 2.05) is 4.90 Å². The normalized spacial score (nSPS) is 15.3. The van der Waals surface area contributed by atoms with Gasteiger partial charge < -0.3 is 9.80 Å². The molecule has 1 amide bonds. The molecule has 8 heteroatoms. The van der Waals surface area contributed by atoms with Crippen LogP contribution in [0.25, 0.3) is 0 Å². The lowest BCUT2D eigenvalue weighted by atomic mass is 10.3. The predicted octanol–water partition coefficient (Wildman–Crippen LogP) is 2.81. The molecule has 3 heterocycles. The van der Waals surface area contributed by atoms with Crippen molar-refractivity contribution in [2.24, 2.45) is 0 Å². The molecular formula is C13H12Cl2N4OS. The van der Waals surface area contributed by atoms with Crippen LogP contribution in [-0.2, 0) is 0 Å². The summed E-state index contributed by atoms with van der Waals surface area (Å²) in [5, 5.41) is 0.434. The van der Waals surface area contributed by atoms with Gasteiger partial charge >= 0.3 is 0 Å². The number of anilines is 1. The Morgan fingerprint density at radius 1 is 1.19 bits per heavy atom. The predicted molar refractivity (Wildman–Crippen MR) is 84.5 cm³/mol. The van der Waals surface area contributed by atoms with Crippen molar-refractivity contribution in [2.45, 2.75) is 0 Å². The molecule has 2 aromatic rings. The first-order chi connectivity index (χ1) is 10.1. The van der Waals surface area contributed by atoms with Gasteiger partial charge in [0.1, 0.15) is 10.2 Å². The lowest BCUT2D eigenvalue weighted by molar-refractivity contribution is 0.0751.